The molecule has 0 radical (unpaired) electrons. The highest BCUT2D eigenvalue weighted by atomic mass is 35.5. The van der Waals surface area contributed by atoms with E-state index in [0.717, 1.165) is 27.3 Å². The van der Waals surface area contributed by atoms with Gasteiger partial charge in [-0.1, -0.05) is 54.1 Å². The lowest BCUT2D eigenvalue weighted by molar-refractivity contribution is 0.687. The maximum Gasteiger partial charge on any atom is 0.0766 e. The first kappa shape index (κ1) is 17.3. The van der Waals surface area contributed by atoms with Gasteiger partial charge in [-0.2, -0.15) is 5.26 Å². The van der Waals surface area contributed by atoms with Gasteiger partial charge in [0.05, 0.1) is 11.5 Å². The predicted molar refractivity (Wildman–Crippen MR) is 106 cm³/mol. The minimum Gasteiger partial charge on any atom is -0.197 e. The molecule has 3 aromatic rings. The largest absolute Gasteiger partial charge is 0.197 e. The van der Waals surface area contributed by atoms with Gasteiger partial charge in [-0.05, 0) is 78.4 Å². The molecule has 0 bridgehead atoms. The second kappa shape index (κ2) is 6.75. The van der Waals surface area contributed by atoms with E-state index < -0.39 is 5.41 Å². The minimum atomic E-state index is -0.503. The molecule has 0 saturated carbocycles. The third-order valence-corrected chi connectivity index (χ3v) is 4.81. The summed E-state index contributed by atoms with van der Waals surface area (Å²) in [5.41, 5.74) is 6.26. The van der Waals surface area contributed by atoms with Crippen molar-refractivity contribution in [3.63, 3.8) is 0 Å². The van der Waals surface area contributed by atoms with E-state index in [2.05, 4.69) is 49.4 Å². The predicted octanol–water partition coefficient (Wildman–Crippen LogP) is 6.78. The fraction of sp³-hybridized carbons (Fsp3) is 0.174. The Hall–Kier alpha value is -2.56. The van der Waals surface area contributed by atoms with Crippen LogP contribution in [0.1, 0.15) is 25.0 Å². The molecule has 0 heterocycles. The van der Waals surface area contributed by atoms with Crippen LogP contribution in [0.2, 0.25) is 5.02 Å². The van der Waals surface area contributed by atoms with Crippen molar-refractivity contribution in [1.82, 2.24) is 0 Å². The van der Waals surface area contributed by atoms with Crippen molar-refractivity contribution < 1.29 is 0 Å². The van der Waals surface area contributed by atoms with Gasteiger partial charge in [0.2, 0.25) is 0 Å². The van der Waals surface area contributed by atoms with Crippen LogP contribution in [0.15, 0.2) is 66.7 Å². The van der Waals surface area contributed by atoms with Crippen molar-refractivity contribution in [3.05, 3.63) is 82.9 Å². The van der Waals surface area contributed by atoms with Crippen LogP contribution >= 0.6 is 11.6 Å². The summed E-state index contributed by atoms with van der Waals surface area (Å²) in [5.74, 6) is 0. The Kier molecular flexibility index (Phi) is 4.66. The van der Waals surface area contributed by atoms with Crippen LogP contribution in [-0.2, 0) is 5.41 Å². The second-order valence-electron chi connectivity index (χ2n) is 6.86. The number of hydrogen-bond donors (Lipinski definition) is 0. The van der Waals surface area contributed by atoms with Crippen molar-refractivity contribution in [2.24, 2.45) is 0 Å². The van der Waals surface area contributed by atoms with Crippen LogP contribution in [0.5, 0.6) is 0 Å². The zero-order valence-electron chi connectivity index (χ0n) is 14.7. The average Bonchev–Trinajstić information content (AvgIpc) is 2.62. The first-order valence-electron chi connectivity index (χ1n) is 8.29. The Labute approximate surface area is 154 Å². The third kappa shape index (κ3) is 3.60. The van der Waals surface area contributed by atoms with Crippen molar-refractivity contribution >= 4 is 11.6 Å². The molecule has 2 heteroatoms. The topological polar surface area (TPSA) is 23.8 Å². The normalized spacial score (nSPS) is 11.2. The number of nitriles is 1. The van der Waals surface area contributed by atoms with Crippen molar-refractivity contribution in [1.29, 1.82) is 5.26 Å². The Balaban J connectivity index is 2.10. The molecule has 3 rings (SSSR count). The van der Waals surface area contributed by atoms with Gasteiger partial charge in [0, 0.05) is 5.02 Å². The van der Waals surface area contributed by atoms with E-state index in [1.165, 1.54) is 11.1 Å². The number of halogens is 1. The lowest BCUT2D eigenvalue weighted by atomic mass is 9.84. The van der Waals surface area contributed by atoms with E-state index in [1.807, 2.05) is 44.2 Å². The van der Waals surface area contributed by atoms with Gasteiger partial charge in [-0.3, -0.25) is 0 Å². The van der Waals surface area contributed by atoms with E-state index >= 15 is 0 Å². The monoisotopic (exact) mass is 345 g/mol. The molecule has 0 aliphatic rings. The Bertz CT molecular complexity index is 964. The standard InChI is InChI=1S/C23H20ClN/c1-16-10-11-18(14-22(16)19-7-5-9-21(24)13-19)17-6-4-8-20(12-17)23(2,3)15-25/h4-14H,1-3H3. The third-order valence-electron chi connectivity index (χ3n) is 4.57. The molecule has 1 nitrogen and oxygen atoms in total. The maximum atomic E-state index is 9.40. The molecule has 0 aromatic heterocycles. The van der Waals surface area contributed by atoms with Gasteiger partial charge in [-0.25, -0.2) is 0 Å². The van der Waals surface area contributed by atoms with Crippen LogP contribution in [0.25, 0.3) is 22.3 Å². The molecule has 0 unspecified atom stereocenters. The lowest BCUT2D eigenvalue weighted by Gasteiger charge is -2.17. The number of hydrogen-bond acceptors (Lipinski definition) is 1. The van der Waals surface area contributed by atoms with E-state index in [-0.39, 0.29) is 0 Å². The average molecular weight is 346 g/mol. The lowest BCUT2D eigenvalue weighted by Crippen LogP contribution is -2.13. The van der Waals surface area contributed by atoms with Gasteiger partial charge < -0.3 is 0 Å². The number of rotatable bonds is 3. The first-order chi connectivity index (χ1) is 11.9. The van der Waals surface area contributed by atoms with Gasteiger partial charge >= 0.3 is 0 Å². The summed E-state index contributed by atoms with van der Waals surface area (Å²) in [6.07, 6.45) is 0. The number of nitrogens with zero attached hydrogens (tertiary/aromatic N) is 1. The molecule has 0 fully saturated rings. The van der Waals surface area contributed by atoms with Gasteiger partial charge in [-0.15, -0.1) is 0 Å². The fourth-order valence-corrected chi connectivity index (χ4v) is 3.11. The summed E-state index contributed by atoms with van der Waals surface area (Å²) in [5, 5.41) is 10.1. The summed E-state index contributed by atoms with van der Waals surface area (Å²) in [6.45, 7) is 5.99. The number of aryl methyl sites for hydroxylation is 1. The molecule has 0 amide bonds. The zero-order valence-corrected chi connectivity index (χ0v) is 15.4. The molecule has 3 aromatic carbocycles. The molecule has 0 aliphatic carbocycles. The SMILES string of the molecule is Cc1ccc(-c2cccc(C(C)(C)C#N)c2)cc1-c1cccc(Cl)c1. The van der Waals surface area contributed by atoms with Gasteiger partial charge in [0.25, 0.3) is 0 Å². The van der Waals surface area contributed by atoms with E-state index in [4.69, 9.17) is 11.6 Å². The van der Waals surface area contributed by atoms with Crippen LogP contribution in [0.4, 0.5) is 0 Å². The maximum absolute atomic E-state index is 9.40. The Morgan fingerprint density at radius 3 is 2.24 bits per heavy atom. The summed E-state index contributed by atoms with van der Waals surface area (Å²) in [6, 6.07) is 25.0. The molecule has 25 heavy (non-hydrogen) atoms. The summed E-state index contributed by atoms with van der Waals surface area (Å²) in [7, 11) is 0. The summed E-state index contributed by atoms with van der Waals surface area (Å²) < 4.78 is 0. The van der Waals surface area contributed by atoms with E-state index in [1.54, 1.807) is 0 Å². The molecule has 0 atom stereocenters. The van der Waals surface area contributed by atoms with Crippen LogP contribution < -0.4 is 0 Å². The fourth-order valence-electron chi connectivity index (χ4n) is 2.92. The van der Waals surface area contributed by atoms with Gasteiger partial charge in [0.15, 0.2) is 0 Å². The van der Waals surface area contributed by atoms with Crippen LogP contribution in [0, 0.1) is 18.3 Å². The van der Waals surface area contributed by atoms with Crippen LogP contribution in [0.3, 0.4) is 0 Å². The van der Waals surface area contributed by atoms with Crippen molar-refractivity contribution in [2.75, 3.05) is 0 Å². The number of benzene rings is 3. The quantitative estimate of drug-likeness (QED) is 0.513. The Morgan fingerprint density at radius 1 is 0.840 bits per heavy atom. The molecule has 0 N–H and O–H groups in total. The van der Waals surface area contributed by atoms with Gasteiger partial charge in [0.1, 0.15) is 0 Å². The van der Waals surface area contributed by atoms with Crippen molar-refractivity contribution in [2.45, 2.75) is 26.2 Å². The highest BCUT2D eigenvalue weighted by Gasteiger charge is 2.20. The molecular weight excluding hydrogens is 326 g/mol. The second-order valence-corrected chi connectivity index (χ2v) is 7.29. The van der Waals surface area contributed by atoms with E-state index in [0.29, 0.717) is 0 Å². The smallest absolute Gasteiger partial charge is 0.0766 e. The summed E-state index contributed by atoms with van der Waals surface area (Å²) >= 11 is 6.16. The van der Waals surface area contributed by atoms with E-state index in [9.17, 15) is 5.26 Å². The van der Waals surface area contributed by atoms with Crippen molar-refractivity contribution in [3.8, 4) is 28.3 Å². The minimum absolute atomic E-state index is 0.503. The highest BCUT2D eigenvalue weighted by Crippen LogP contribution is 2.32. The molecule has 0 saturated heterocycles. The summed E-state index contributed by atoms with van der Waals surface area (Å²) in [4.78, 5) is 0. The Morgan fingerprint density at radius 2 is 1.52 bits per heavy atom. The molecule has 0 aliphatic heterocycles. The molecule has 0 spiro atoms. The first-order valence-corrected chi connectivity index (χ1v) is 8.67. The molecule has 124 valence electrons. The molecular formula is C23H20ClN. The highest BCUT2D eigenvalue weighted by molar-refractivity contribution is 6.30. The zero-order chi connectivity index (χ0) is 18.0. The van der Waals surface area contributed by atoms with Crippen LogP contribution in [-0.4, -0.2) is 0 Å².